The van der Waals surface area contributed by atoms with E-state index in [4.69, 9.17) is 0 Å². The molecule has 1 aliphatic heterocycles. The largest absolute Gasteiger partial charge is 0.312 e. The van der Waals surface area contributed by atoms with Gasteiger partial charge in [-0.05, 0) is 42.5 Å². The highest BCUT2D eigenvalue weighted by atomic mass is 19.1. The van der Waals surface area contributed by atoms with Crippen molar-refractivity contribution in [2.45, 2.75) is 25.7 Å². The number of hydrogen-bond donors (Lipinski definition) is 0. The van der Waals surface area contributed by atoms with Crippen LogP contribution in [-0.2, 0) is 17.6 Å². The lowest BCUT2D eigenvalue weighted by Gasteiger charge is -2.29. The highest BCUT2D eigenvalue weighted by molar-refractivity contribution is 5.94. The summed E-state index contributed by atoms with van der Waals surface area (Å²) in [6.07, 6.45) is 2.80. The lowest BCUT2D eigenvalue weighted by atomic mass is 10.0. The first-order chi connectivity index (χ1) is 10.3. The Hall–Kier alpha value is -2.16. The fraction of sp³-hybridized carbons (Fsp3) is 0.278. The first-order valence-electron chi connectivity index (χ1n) is 7.37. The predicted molar refractivity (Wildman–Crippen MR) is 81.8 cm³/mol. The highest BCUT2D eigenvalue weighted by Crippen LogP contribution is 2.27. The van der Waals surface area contributed by atoms with Crippen LogP contribution in [-0.4, -0.2) is 12.5 Å². The summed E-state index contributed by atoms with van der Waals surface area (Å²) in [5.41, 5.74) is 2.85. The van der Waals surface area contributed by atoms with E-state index in [0.717, 1.165) is 25.1 Å². The molecule has 108 valence electrons. The Labute approximate surface area is 124 Å². The Morgan fingerprint density at radius 3 is 2.71 bits per heavy atom. The van der Waals surface area contributed by atoms with E-state index in [0.29, 0.717) is 18.4 Å². The van der Waals surface area contributed by atoms with Gasteiger partial charge in [-0.3, -0.25) is 4.79 Å². The lowest BCUT2D eigenvalue weighted by molar-refractivity contribution is -0.118. The first kappa shape index (κ1) is 13.8. The van der Waals surface area contributed by atoms with Crippen molar-refractivity contribution < 1.29 is 9.18 Å². The van der Waals surface area contributed by atoms with Crippen LogP contribution in [0.15, 0.2) is 48.5 Å². The molecule has 2 aromatic rings. The minimum Gasteiger partial charge on any atom is -0.312 e. The number of carbonyl (C=O) groups excluding carboxylic acids is 1. The van der Waals surface area contributed by atoms with Gasteiger partial charge in [0.15, 0.2) is 0 Å². The number of halogens is 1. The first-order valence-corrected chi connectivity index (χ1v) is 7.37. The van der Waals surface area contributed by atoms with Crippen molar-refractivity contribution in [3.63, 3.8) is 0 Å². The summed E-state index contributed by atoms with van der Waals surface area (Å²) < 4.78 is 13.6. The molecule has 3 rings (SSSR count). The summed E-state index contributed by atoms with van der Waals surface area (Å²) in [5.74, 6) is -0.158. The molecule has 2 aromatic carbocycles. The second kappa shape index (κ2) is 6.08. The minimum atomic E-state index is -0.232. The van der Waals surface area contributed by atoms with Gasteiger partial charge in [0.1, 0.15) is 5.82 Å². The molecule has 0 saturated heterocycles. The van der Waals surface area contributed by atoms with Crippen molar-refractivity contribution in [3.05, 3.63) is 65.5 Å². The van der Waals surface area contributed by atoms with Crippen LogP contribution >= 0.6 is 0 Å². The molecule has 0 aliphatic carbocycles. The van der Waals surface area contributed by atoms with Crippen LogP contribution in [0.1, 0.15) is 24.0 Å². The average molecular weight is 283 g/mol. The molecule has 1 heterocycles. The number of carbonyl (C=O) groups is 1. The third kappa shape index (κ3) is 2.97. The van der Waals surface area contributed by atoms with Crippen LogP contribution in [0, 0.1) is 5.82 Å². The molecular weight excluding hydrogens is 265 g/mol. The Morgan fingerprint density at radius 2 is 1.86 bits per heavy atom. The molecule has 0 bridgehead atoms. The third-order valence-electron chi connectivity index (χ3n) is 3.98. The molecule has 0 N–H and O–H groups in total. The molecule has 1 aliphatic rings. The van der Waals surface area contributed by atoms with Gasteiger partial charge in [-0.25, -0.2) is 4.39 Å². The molecule has 0 atom stereocenters. The Morgan fingerprint density at radius 1 is 1.10 bits per heavy atom. The molecule has 2 nitrogen and oxygen atoms in total. The molecule has 21 heavy (non-hydrogen) atoms. The topological polar surface area (TPSA) is 20.3 Å². The van der Waals surface area contributed by atoms with Crippen molar-refractivity contribution in [1.29, 1.82) is 0 Å². The van der Waals surface area contributed by atoms with Gasteiger partial charge >= 0.3 is 0 Å². The summed E-state index contributed by atoms with van der Waals surface area (Å²) in [6.45, 7) is 0.757. The number of hydrogen-bond acceptors (Lipinski definition) is 1. The Kier molecular flexibility index (Phi) is 4.00. The summed E-state index contributed by atoms with van der Waals surface area (Å²) in [6, 6.07) is 14.7. The van der Waals surface area contributed by atoms with Crippen molar-refractivity contribution in [2.24, 2.45) is 0 Å². The van der Waals surface area contributed by atoms with E-state index in [1.54, 1.807) is 18.2 Å². The zero-order valence-electron chi connectivity index (χ0n) is 11.9. The number of para-hydroxylation sites is 1. The normalized spacial score (nSPS) is 13.9. The smallest absolute Gasteiger partial charge is 0.227 e. The van der Waals surface area contributed by atoms with Gasteiger partial charge in [0, 0.05) is 18.7 Å². The molecule has 0 spiro atoms. The molecule has 1 amide bonds. The highest BCUT2D eigenvalue weighted by Gasteiger charge is 2.21. The molecule has 0 radical (unpaired) electrons. The number of nitrogens with zero attached hydrogens (tertiary/aromatic N) is 1. The maximum Gasteiger partial charge on any atom is 0.227 e. The van der Waals surface area contributed by atoms with Gasteiger partial charge < -0.3 is 4.90 Å². The standard InChI is InChI=1S/C18H18FNO/c19-16-9-3-1-6-14(16)11-12-18(21)20-13-5-8-15-7-2-4-10-17(15)20/h1-4,6-7,9-10H,5,8,11-13H2. The summed E-state index contributed by atoms with van der Waals surface area (Å²) in [4.78, 5) is 14.3. The summed E-state index contributed by atoms with van der Waals surface area (Å²) in [5, 5.41) is 0. The van der Waals surface area contributed by atoms with Crippen molar-refractivity contribution in [2.75, 3.05) is 11.4 Å². The maximum atomic E-state index is 13.6. The molecule has 0 saturated carbocycles. The number of aryl methyl sites for hydroxylation is 2. The molecule has 3 heteroatoms. The maximum absolute atomic E-state index is 13.6. The molecular formula is C18H18FNO. The zero-order chi connectivity index (χ0) is 14.7. The van der Waals surface area contributed by atoms with Gasteiger partial charge in [0.25, 0.3) is 0 Å². The van der Waals surface area contributed by atoms with Crippen molar-refractivity contribution >= 4 is 11.6 Å². The van der Waals surface area contributed by atoms with Crippen LogP contribution < -0.4 is 4.90 Å². The summed E-state index contributed by atoms with van der Waals surface area (Å²) in [7, 11) is 0. The van der Waals surface area contributed by atoms with E-state index in [9.17, 15) is 9.18 Å². The van der Waals surface area contributed by atoms with E-state index < -0.39 is 0 Å². The van der Waals surface area contributed by atoms with E-state index in [-0.39, 0.29) is 11.7 Å². The van der Waals surface area contributed by atoms with E-state index in [2.05, 4.69) is 6.07 Å². The fourth-order valence-electron chi connectivity index (χ4n) is 2.87. The predicted octanol–water partition coefficient (Wildman–Crippen LogP) is 3.74. The van der Waals surface area contributed by atoms with Crippen molar-refractivity contribution in [1.82, 2.24) is 0 Å². The second-order valence-corrected chi connectivity index (χ2v) is 5.37. The van der Waals surface area contributed by atoms with Gasteiger partial charge in [0.2, 0.25) is 5.91 Å². The number of benzene rings is 2. The van der Waals surface area contributed by atoms with E-state index in [1.165, 1.54) is 11.6 Å². The molecule has 0 aromatic heterocycles. The van der Waals surface area contributed by atoms with E-state index >= 15 is 0 Å². The van der Waals surface area contributed by atoms with E-state index in [1.807, 2.05) is 23.1 Å². The average Bonchev–Trinajstić information content (AvgIpc) is 2.53. The minimum absolute atomic E-state index is 0.0744. The van der Waals surface area contributed by atoms with Gasteiger partial charge in [-0.2, -0.15) is 0 Å². The molecule has 0 fully saturated rings. The van der Waals surface area contributed by atoms with Gasteiger partial charge in [-0.15, -0.1) is 0 Å². The van der Waals surface area contributed by atoms with Crippen LogP contribution in [0.5, 0.6) is 0 Å². The number of anilines is 1. The van der Waals surface area contributed by atoms with Crippen LogP contribution in [0.25, 0.3) is 0 Å². The third-order valence-corrected chi connectivity index (χ3v) is 3.98. The quantitative estimate of drug-likeness (QED) is 0.840. The second-order valence-electron chi connectivity index (χ2n) is 5.37. The van der Waals surface area contributed by atoms with Crippen LogP contribution in [0.4, 0.5) is 10.1 Å². The number of rotatable bonds is 3. The van der Waals surface area contributed by atoms with Crippen molar-refractivity contribution in [3.8, 4) is 0 Å². The fourth-order valence-corrected chi connectivity index (χ4v) is 2.87. The van der Waals surface area contributed by atoms with Crippen LogP contribution in [0.2, 0.25) is 0 Å². The lowest BCUT2D eigenvalue weighted by Crippen LogP contribution is -2.35. The number of amides is 1. The molecule has 0 unspecified atom stereocenters. The van der Waals surface area contributed by atoms with Gasteiger partial charge in [0.05, 0.1) is 0 Å². The van der Waals surface area contributed by atoms with Crippen LogP contribution in [0.3, 0.4) is 0 Å². The Balaban J connectivity index is 1.71. The Bertz CT molecular complexity index is 653. The van der Waals surface area contributed by atoms with Gasteiger partial charge in [-0.1, -0.05) is 36.4 Å². The number of fused-ring (bicyclic) bond motifs is 1. The summed E-state index contributed by atoms with van der Waals surface area (Å²) >= 11 is 0. The SMILES string of the molecule is O=C(CCc1ccccc1F)N1CCCc2ccccc21. The zero-order valence-corrected chi connectivity index (χ0v) is 11.9. The monoisotopic (exact) mass is 283 g/mol.